The third-order valence-electron chi connectivity index (χ3n) is 2.20. The summed E-state index contributed by atoms with van der Waals surface area (Å²) in [5.41, 5.74) is 4.81. The van der Waals surface area contributed by atoms with E-state index in [9.17, 15) is 9.59 Å². The molecule has 2 unspecified atom stereocenters. The summed E-state index contributed by atoms with van der Waals surface area (Å²) >= 11 is 0. The summed E-state index contributed by atoms with van der Waals surface area (Å²) in [7, 11) is 0. The molecule has 4 N–H and O–H groups in total. The minimum Gasteiger partial charge on any atom is -0.480 e. The topological polar surface area (TPSA) is 92.4 Å². The molecular formula is C10H20N2O3. The molecule has 88 valence electrons. The highest BCUT2D eigenvalue weighted by Gasteiger charge is 2.33. The van der Waals surface area contributed by atoms with Crippen molar-refractivity contribution in [1.82, 2.24) is 5.32 Å². The number of carboxylic acids is 1. The van der Waals surface area contributed by atoms with Gasteiger partial charge in [-0.15, -0.1) is 0 Å². The minimum absolute atomic E-state index is 0.211. The molecule has 0 heterocycles. The normalized spacial score (nSPS) is 15.5. The number of carboxylic acid groups (broad SMARTS) is 1. The van der Waals surface area contributed by atoms with E-state index in [1.54, 1.807) is 27.7 Å². The average Bonchev–Trinajstić information content (AvgIpc) is 2.09. The van der Waals surface area contributed by atoms with Gasteiger partial charge in [-0.05, 0) is 5.41 Å². The van der Waals surface area contributed by atoms with Crippen molar-refractivity contribution in [3.63, 3.8) is 0 Å². The van der Waals surface area contributed by atoms with Crippen molar-refractivity contribution in [3.8, 4) is 0 Å². The molecule has 0 aliphatic rings. The summed E-state index contributed by atoms with van der Waals surface area (Å²) in [4.78, 5) is 22.4. The van der Waals surface area contributed by atoms with Gasteiger partial charge >= 0.3 is 5.97 Å². The van der Waals surface area contributed by atoms with Crippen LogP contribution in [-0.4, -0.2) is 29.6 Å². The Morgan fingerprint density at radius 1 is 1.40 bits per heavy atom. The molecule has 0 aromatic carbocycles. The third-order valence-corrected chi connectivity index (χ3v) is 2.20. The number of amides is 1. The molecule has 0 aliphatic carbocycles. The Balaban J connectivity index is 4.58. The van der Waals surface area contributed by atoms with Gasteiger partial charge in [0.25, 0.3) is 0 Å². The molecule has 5 nitrogen and oxygen atoms in total. The van der Waals surface area contributed by atoms with E-state index in [1.165, 1.54) is 0 Å². The molecule has 0 aromatic rings. The number of nitrogens with two attached hydrogens (primary N) is 1. The maximum Gasteiger partial charge on any atom is 0.326 e. The summed E-state index contributed by atoms with van der Waals surface area (Å²) in [5.74, 6) is -1.71. The quantitative estimate of drug-likeness (QED) is 0.625. The van der Waals surface area contributed by atoms with Gasteiger partial charge in [0.1, 0.15) is 6.04 Å². The van der Waals surface area contributed by atoms with E-state index in [2.05, 4.69) is 5.32 Å². The molecule has 0 bridgehead atoms. The summed E-state index contributed by atoms with van der Waals surface area (Å²) in [5, 5.41) is 11.5. The van der Waals surface area contributed by atoms with E-state index in [0.29, 0.717) is 0 Å². The minimum atomic E-state index is -1.03. The molecule has 0 fully saturated rings. The van der Waals surface area contributed by atoms with Crippen LogP contribution >= 0.6 is 0 Å². The second kappa shape index (κ2) is 5.11. The fourth-order valence-electron chi connectivity index (χ4n) is 1.04. The van der Waals surface area contributed by atoms with Crippen molar-refractivity contribution in [2.45, 2.75) is 33.7 Å². The summed E-state index contributed by atoms with van der Waals surface area (Å²) in [6.07, 6.45) is 0. The molecule has 0 radical (unpaired) electrons. The third kappa shape index (κ3) is 4.29. The van der Waals surface area contributed by atoms with Crippen LogP contribution in [0.25, 0.3) is 0 Å². The Kier molecular flexibility index (Phi) is 4.74. The Morgan fingerprint density at radius 2 is 1.87 bits per heavy atom. The molecule has 15 heavy (non-hydrogen) atoms. The lowest BCUT2D eigenvalue weighted by Crippen LogP contribution is -2.51. The van der Waals surface area contributed by atoms with Crippen LogP contribution in [0.3, 0.4) is 0 Å². The maximum absolute atomic E-state index is 11.5. The van der Waals surface area contributed by atoms with E-state index in [4.69, 9.17) is 10.8 Å². The van der Waals surface area contributed by atoms with Crippen LogP contribution in [0.4, 0.5) is 0 Å². The fraction of sp³-hybridized carbons (Fsp3) is 0.800. The number of hydrogen-bond acceptors (Lipinski definition) is 3. The van der Waals surface area contributed by atoms with Crippen LogP contribution in [0.15, 0.2) is 0 Å². The molecule has 1 amide bonds. The Labute approximate surface area is 90.0 Å². The van der Waals surface area contributed by atoms with E-state index < -0.39 is 17.4 Å². The van der Waals surface area contributed by atoms with Gasteiger partial charge in [-0.1, -0.05) is 27.7 Å². The fourth-order valence-corrected chi connectivity index (χ4v) is 1.04. The van der Waals surface area contributed by atoms with Gasteiger partial charge in [-0.3, -0.25) is 4.79 Å². The first-order chi connectivity index (χ1) is 6.70. The van der Waals surface area contributed by atoms with Crippen LogP contribution < -0.4 is 11.1 Å². The lowest BCUT2D eigenvalue weighted by Gasteiger charge is -2.28. The average molecular weight is 216 g/mol. The number of rotatable bonds is 4. The highest BCUT2D eigenvalue weighted by Crippen LogP contribution is 2.19. The number of nitrogens with one attached hydrogen (secondary N) is 1. The maximum atomic E-state index is 11.5. The predicted molar refractivity (Wildman–Crippen MR) is 57.2 cm³/mol. The van der Waals surface area contributed by atoms with Crippen LogP contribution in [0.2, 0.25) is 0 Å². The van der Waals surface area contributed by atoms with Gasteiger partial charge in [-0.25, -0.2) is 4.79 Å². The van der Waals surface area contributed by atoms with Crippen LogP contribution in [0.5, 0.6) is 0 Å². The smallest absolute Gasteiger partial charge is 0.326 e. The lowest BCUT2D eigenvalue weighted by atomic mass is 9.86. The van der Waals surface area contributed by atoms with Crippen molar-refractivity contribution in [1.29, 1.82) is 0 Å². The molecule has 0 saturated carbocycles. The van der Waals surface area contributed by atoms with Crippen molar-refractivity contribution >= 4 is 11.9 Å². The number of hydrogen-bond donors (Lipinski definition) is 3. The van der Waals surface area contributed by atoms with Gasteiger partial charge in [0.2, 0.25) is 5.91 Å². The van der Waals surface area contributed by atoms with Crippen molar-refractivity contribution in [3.05, 3.63) is 0 Å². The lowest BCUT2D eigenvalue weighted by molar-refractivity contribution is -0.145. The zero-order valence-corrected chi connectivity index (χ0v) is 9.70. The molecule has 0 aliphatic heterocycles. The Hall–Kier alpha value is -1.10. The van der Waals surface area contributed by atoms with Gasteiger partial charge in [0, 0.05) is 12.5 Å². The van der Waals surface area contributed by atoms with E-state index >= 15 is 0 Å². The second-order valence-corrected chi connectivity index (χ2v) is 4.78. The van der Waals surface area contributed by atoms with Gasteiger partial charge in [0.05, 0.1) is 0 Å². The second-order valence-electron chi connectivity index (χ2n) is 4.78. The van der Waals surface area contributed by atoms with Gasteiger partial charge in [0.15, 0.2) is 0 Å². The van der Waals surface area contributed by atoms with Crippen molar-refractivity contribution in [2.24, 2.45) is 17.1 Å². The van der Waals surface area contributed by atoms with Crippen molar-refractivity contribution < 1.29 is 14.7 Å². The molecule has 0 saturated heterocycles. The highest BCUT2D eigenvalue weighted by molar-refractivity contribution is 5.85. The van der Waals surface area contributed by atoms with Crippen molar-refractivity contribution in [2.75, 3.05) is 6.54 Å². The molecule has 5 heteroatoms. The summed E-state index contributed by atoms with van der Waals surface area (Å²) in [6.45, 7) is 7.16. The zero-order chi connectivity index (χ0) is 12.2. The number of carbonyl (C=O) groups excluding carboxylic acids is 1. The summed E-state index contributed by atoms with van der Waals surface area (Å²) < 4.78 is 0. The highest BCUT2D eigenvalue weighted by atomic mass is 16.4. The standard InChI is InChI=1S/C10H20N2O3/c1-6(5-11)8(13)12-7(9(14)15)10(2,3)4/h6-7H,5,11H2,1-4H3,(H,12,13)(H,14,15). The van der Waals surface area contributed by atoms with Gasteiger partial charge in [-0.2, -0.15) is 0 Å². The van der Waals surface area contributed by atoms with E-state index in [-0.39, 0.29) is 18.4 Å². The van der Waals surface area contributed by atoms with Crippen LogP contribution in [0.1, 0.15) is 27.7 Å². The first-order valence-corrected chi connectivity index (χ1v) is 4.93. The molecular weight excluding hydrogens is 196 g/mol. The Morgan fingerprint density at radius 3 is 2.13 bits per heavy atom. The number of carbonyl (C=O) groups is 2. The van der Waals surface area contributed by atoms with E-state index in [0.717, 1.165) is 0 Å². The molecule has 2 atom stereocenters. The van der Waals surface area contributed by atoms with Crippen LogP contribution in [0, 0.1) is 11.3 Å². The summed E-state index contributed by atoms with van der Waals surface area (Å²) in [6, 6.07) is -0.890. The largest absolute Gasteiger partial charge is 0.480 e. The first-order valence-electron chi connectivity index (χ1n) is 4.93. The zero-order valence-electron chi connectivity index (χ0n) is 9.70. The predicted octanol–water partition coefficient (Wildman–Crippen LogP) is 0.197. The van der Waals surface area contributed by atoms with Crippen LogP contribution in [-0.2, 0) is 9.59 Å². The molecule has 0 aromatic heterocycles. The van der Waals surface area contributed by atoms with E-state index in [1.807, 2.05) is 0 Å². The monoisotopic (exact) mass is 216 g/mol. The first kappa shape index (κ1) is 13.9. The molecule has 0 spiro atoms. The van der Waals surface area contributed by atoms with Gasteiger partial charge < -0.3 is 16.2 Å². The molecule has 0 rings (SSSR count). The SMILES string of the molecule is CC(CN)C(=O)NC(C(=O)O)C(C)(C)C. The Bertz CT molecular complexity index is 246. The number of aliphatic carboxylic acids is 1.